The monoisotopic (exact) mass is 488 g/mol. The van der Waals surface area contributed by atoms with Crippen LogP contribution in [0, 0.1) is 0 Å². The summed E-state index contributed by atoms with van der Waals surface area (Å²) in [6, 6.07) is 6.77. The number of nitrogens with zero attached hydrogens (tertiary/aromatic N) is 1. The highest BCUT2D eigenvalue weighted by atomic mass is 16.5. The third kappa shape index (κ3) is 9.90. The molecule has 7 nitrogen and oxygen atoms in total. The molecule has 2 amide bonds. The van der Waals surface area contributed by atoms with Gasteiger partial charge in [-0.3, -0.25) is 14.4 Å². The summed E-state index contributed by atoms with van der Waals surface area (Å²) in [5.74, 6) is -0.448. The van der Waals surface area contributed by atoms with Gasteiger partial charge in [-0.2, -0.15) is 0 Å². The van der Waals surface area contributed by atoms with E-state index < -0.39 is 12.0 Å². The molecular formula is C28H44N2O5. The Morgan fingerprint density at radius 1 is 1.03 bits per heavy atom. The van der Waals surface area contributed by atoms with Gasteiger partial charge in [0.2, 0.25) is 5.91 Å². The molecule has 0 bridgehead atoms. The van der Waals surface area contributed by atoms with Crippen LogP contribution in [0.1, 0.15) is 91.0 Å². The summed E-state index contributed by atoms with van der Waals surface area (Å²) >= 11 is 0. The highest BCUT2D eigenvalue weighted by Gasteiger charge is 2.35. The number of hydrogen-bond acceptors (Lipinski definition) is 5. The van der Waals surface area contributed by atoms with Crippen LogP contribution >= 0.6 is 0 Å². The van der Waals surface area contributed by atoms with Gasteiger partial charge in [0.05, 0.1) is 13.0 Å². The Balaban J connectivity index is 1.81. The number of carbonyl (C=O) groups is 3. The quantitative estimate of drug-likeness (QED) is 0.301. The maximum Gasteiger partial charge on any atom is 0.308 e. The van der Waals surface area contributed by atoms with Crippen LogP contribution in [0.5, 0.6) is 5.75 Å². The summed E-state index contributed by atoms with van der Waals surface area (Å²) in [6.45, 7) is 9.32. The Morgan fingerprint density at radius 3 is 2.37 bits per heavy atom. The van der Waals surface area contributed by atoms with Gasteiger partial charge in [-0.25, -0.2) is 0 Å². The van der Waals surface area contributed by atoms with E-state index in [1.54, 1.807) is 0 Å². The summed E-state index contributed by atoms with van der Waals surface area (Å²) in [5.41, 5.74) is 0.872. The van der Waals surface area contributed by atoms with E-state index in [-0.39, 0.29) is 30.3 Å². The number of para-hydroxylation sites is 1. The zero-order valence-electron chi connectivity index (χ0n) is 22.1. The molecule has 1 fully saturated rings. The number of benzene rings is 1. The molecule has 1 aromatic carbocycles. The molecule has 1 aromatic rings. The van der Waals surface area contributed by atoms with Crippen molar-refractivity contribution in [3.05, 3.63) is 29.8 Å². The number of nitrogens with one attached hydrogen (secondary N) is 1. The third-order valence-electron chi connectivity index (χ3n) is 6.32. The second kappa shape index (κ2) is 14.7. The van der Waals surface area contributed by atoms with Crippen LogP contribution in [0.4, 0.5) is 0 Å². The second-order valence-electron chi connectivity index (χ2n) is 10.3. The average Bonchev–Trinajstić information content (AvgIpc) is 2.82. The highest BCUT2D eigenvalue weighted by Crippen LogP contribution is 2.31. The molecule has 1 N–H and O–H groups in total. The summed E-state index contributed by atoms with van der Waals surface area (Å²) in [6.07, 6.45) is 9.16. The predicted molar refractivity (Wildman–Crippen MR) is 137 cm³/mol. The van der Waals surface area contributed by atoms with Crippen LogP contribution in [0.3, 0.4) is 0 Å². The first-order valence-corrected chi connectivity index (χ1v) is 13.2. The topological polar surface area (TPSA) is 84.9 Å². The van der Waals surface area contributed by atoms with E-state index in [2.05, 4.69) is 33.0 Å². The molecule has 0 aliphatic carbocycles. The molecule has 0 radical (unpaired) electrons. The first kappa shape index (κ1) is 28.7. The van der Waals surface area contributed by atoms with Crippen molar-refractivity contribution in [2.24, 2.45) is 0 Å². The number of esters is 1. The van der Waals surface area contributed by atoms with E-state index in [1.165, 1.54) is 37.0 Å². The maximum atomic E-state index is 13.0. The maximum absolute atomic E-state index is 13.0. The number of ether oxygens (including phenoxy) is 2. The van der Waals surface area contributed by atoms with Crippen LogP contribution in [-0.4, -0.2) is 55.0 Å². The summed E-state index contributed by atoms with van der Waals surface area (Å²) in [7, 11) is 0. The number of hydrogen-bond donors (Lipinski definition) is 1. The van der Waals surface area contributed by atoms with Crippen molar-refractivity contribution in [2.45, 2.75) is 96.9 Å². The van der Waals surface area contributed by atoms with Crippen molar-refractivity contribution >= 4 is 17.8 Å². The molecule has 7 heteroatoms. The van der Waals surface area contributed by atoms with E-state index >= 15 is 0 Å². The average molecular weight is 489 g/mol. The van der Waals surface area contributed by atoms with Crippen LogP contribution in [0.25, 0.3) is 0 Å². The fourth-order valence-electron chi connectivity index (χ4n) is 4.29. The molecule has 35 heavy (non-hydrogen) atoms. The molecule has 1 saturated heterocycles. The summed E-state index contributed by atoms with van der Waals surface area (Å²) < 4.78 is 11.2. The fraction of sp³-hybridized carbons (Fsp3) is 0.679. The SMILES string of the molecule is CCCCCCCCCCOC(=O)CC1C(=O)NCCN1C(=O)COc1ccccc1C(C)(C)C. The molecule has 1 aliphatic heterocycles. The minimum atomic E-state index is -0.872. The van der Waals surface area contributed by atoms with Gasteiger partial charge in [-0.1, -0.05) is 90.8 Å². The number of unbranched alkanes of at least 4 members (excludes halogenated alkanes) is 7. The van der Waals surface area contributed by atoms with Crippen LogP contribution in [-0.2, 0) is 24.5 Å². The minimum absolute atomic E-state index is 0.133. The lowest BCUT2D eigenvalue weighted by Gasteiger charge is -2.34. The predicted octanol–water partition coefficient (Wildman–Crippen LogP) is 4.76. The van der Waals surface area contributed by atoms with Gasteiger partial charge < -0.3 is 19.7 Å². The van der Waals surface area contributed by atoms with Gasteiger partial charge in [0.15, 0.2) is 6.61 Å². The summed E-state index contributed by atoms with van der Waals surface area (Å²) in [5, 5.41) is 2.75. The van der Waals surface area contributed by atoms with Gasteiger partial charge in [-0.15, -0.1) is 0 Å². The molecule has 0 saturated carbocycles. The lowest BCUT2D eigenvalue weighted by Crippen LogP contribution is -2.58. The van der Waals surface area contributed by atoms with E-state index in [0.717, 1.165) is 24.8 Å². The van der Waals surface area contributed by atoms with Crippen LogP contribution in [0.2, 0.25) is 0 Å². The molecule has 196 valence electrons. The van der Waals surface area contributed by atoms with Crippen LogP contribution in [0.15, 0.2) is 24.3 Å². The molecule has 2 rings (SSSR count). The molecule has 0 aromatic heterocycles. The minimum Gasteiger partial charge on any atom is -0.483 e. The summed E-state index contributed by atoms with van der Waals surface area (Å²) in [4.78, 5) is 39.3. The van der Waals surface area contributed by atoms with E-state index in [4.69, 9.17) is 9.47 Å². The number of rotatable bonds is 14. The van der Waals surface area contributed by atoms with Crippen molar-refractivity contribution in [1.29, 1.82) is 0 Å². The standard InChI is InChI=1S/C28H44N2O5/c1-5-6-7-8-9-10-11-14-19-34-26(32)20-23-27(33)29-17-18-30(23)25(31)21-35-24-16-13-12-15-22(24)28(2,3)4/h12-13,15-16,23H,5-11,14,17-21H2,1-4H3,(H,29,33). The van der Waals surface area contributed by atoms with Crippen LogP contribution < -0.4 is 10.1 Å². The van der Waals surface area contributed by atoms with Gasteiger partial charge in [-0.05, 0) is 23.5 Å². The molecule has 1 atom stereocenters. The lowest BCUT2D eigenvalue weighted by atomic mass is 9.86. The van der Waals surface area contributed by atoms with Gasteiger partial charge in [0.1, 0.15) is 11.8 Å². The zero-order chi connectivity index (χ0) is 25.7. The normalized spacial score (nSPS) is 16.1. The first-order chi connectivity index (χ1) is 16.7. The first-order valence-electron chi connectivity index (χ1n) is 13.2. The van der Waals surface area contributed by atoms with Crippen molar-refractivity contribution in [3.63, 3.8) is 0 Å². The molecule has 0 spiro atoms. The number of carbonyl (C=O) groups excluding carboxylic acids is 3. The van der Waals surface area contributed by atoms with Crippen molar-refractivity contribution < 1.29 is 23.9 Å². The Bertz CT molecular complexity index is 818. The largest absolute Gasteiger partial charge is 0.483 e. The lowest BCUT2D eigenvalue weighted by molar-refractivity contribution is -0.152. The second-order valence-corrected chi connectivity index (χ2v) is 10.3. The van der Waals surface area contributed by atoms with Gasteiger partial charge in [0, 0.05) is 13.1 Å². The number of piperazine rings is 1. The molecule has 1 heterocycles. The van der Waals surface area contributed by atoms with Crippen molar-refractivity contribution in [2.75, 3.05) is 26.3 Å². The van der Waals surface area contributed by atoms with E-state index in [0.29, 0.717) is 25.4 Å². The Morgan fingerprint density at radius 2 is 1.69 bits per heavy atom. The molecule has 1 unspecified atom stereocenters. The smallest absolute Gasteiger partial charge is 0.308 e. The Kier molecular flexibility index (Phi) is 12.1. The number of amides is 2. The van der Waals surface area contributed by atoms with Crippen molar-refractivity contribution in [3.8, 4) is 5.75 Å². The molecular weight excluding hydrogens is 444 g/mol. The fourth-order valence-corrected chi connectivity index (χ4v) is 4.29. The van der Waals surface area contributed by atoms with Gasteiger partial charge in [0.25, 0.3) is 5.91 Å². The third-order valence-corrected chi connectivity index (χ3v) is 6.32. The highest BCUT2D eigenvalue weighted by molar-refractivity contribution is 5.92. The Hall–Kier alpha value is -2.57. The Labute approximate surface area is 210 Å². The van der Waals surface area contributed by atoms with Gasteiger partial charge >= 0.3 is 5.97 Å². The van der Waals surface area contributed by atoms with E-state index in [9.17, 15) is 14.4 Å². The molecule has 1 aliphatic rings. The van der Waals surface area contributed by atoms with E-state index in [1.807, 2.05) is 24.3 Å². The van der Waals surface area contributed by atoms with Crippen molar-refractivity contribution in [1.82, 2.24) is 10.2 Å². The zero-order valence-corrected chi connectivity index (χ0v) is 22.1.